The van der Waals surface area contributed by atoms with E-state index < -0.39 is 0 Å². The molecule has 0 spiro atoms. The summed E-state index contributed by atoms with van der Waals surface area (Å²) < 4.78 is 0. The number of fused-ring (bicyclic) bond motifs is 1. The molecule has 180 valence electrons. The molecule has 2 aromatic rings. The van der Waals surface area contributed by atoms with Crippen molar-refractivity contribution in [1.82, 2.24) is 14.7 Å². The van der Waals surface area contributed by atoms with Gasteiger partial charge < -0.3 is 14.9 Å². The number of aliphatic hydroxyl groups excluding tert-OH is 1. The fraction of sp³-hybridized carbons (Fsp3) is 0.500. The topological polar surface area (TPSA) is 64.1 Å². The van der Waals surface area contributed by atoms with E-state index >= 15 is 0 Å². The van der Waals surface area contributed by atoms with Crippen LogP contribution in [0.4, 0.5) is 0 Å². The normalized spacial score (nSPS) is 25.0. The van der Waals surface area contributed by atoms with E-state index in [2.05, 4.69) is 34.1 Å². The number of benzene rings is 2. The summed E-state index contributed by atoms with van der Waals surface area (Å²) in [5.74, 6) is 0.810. The Morgan fingerprint density at radius 3 is 2.15 bits per heavy atom. The van der Waals surface area contributed by atoms with Gasteiger partial charge in [0.1, 0.15) is 0 Å². The molecule has 0 bridgehead atoms. The van der Waals surface area contributed by atoms with Crippen LogP contribution < -0.4 is 0 Å². The molecule has 2 aromatic carbocycles. The Hall–Kier alpha value is -2.70. The van der Waals surface area contributed by atoms with E-state index in [9.17, 15) is 14.7 Å². The van der Waals surface area contributed by atoms with E-state index in [1.807, 2.05) is 24.3 Å². The molecular weight excluding hydrogens is 426 g/mol. The highest BCUT2D eigenvalue weighted by atomic mass is 16.3. The van der Waals surface area contributed by atoms with Gasteiger partial charge in [0.15, 0.2) is 0 Å². The van der Waals surface area contributed by atoms with E-state index in [1.165, 1.54) is 5.56 Å². The third kappa shape index (κ3) is 4.37. The highest BCUT2D eigenvalue weighted by molar-refractivity contribution is 5.94. The Morgan fingerprint density at radius 2 is 1.56 bits per heavy atom. The first-order valence-corrected chi connectivity index (χ1v) is 12.6. The predicted molar refractivity (Wildman–Crippen MR) is 133 cm³/mol. The van der Waals surface area contributed by atoms with Crippen LogP contribution in [0.2, 0.25) is 0 Å². The summed E-state index contributed by atoms with van der Waals surface area (Å²) in [6.07, 6.45) is 4.19. The summed E-state index contributed by atoms with van der Waals surface area (Å²) in [7, 11) is 3.51. The molecule has 1 N–H and O–H groups in total. The van der Waals surface area contributed by atoms with Crippen LogP contribution >= 0.6 is 0 Å². The zero-order valence-electron chi connectivity index (χ0n) is 20.2. The first-order chi connectivity index (χ1) is 16.5. The first-order valence-electron chi connectivity index (χ1n) is 12.6. The molecule has 6 heteroatoms. The molecule has 3 atom stereocenters. The Balaban J connectivity index is 1.34. The van der Waals surface area contributed by atoms with Crippen LogP contribution in [0.5, 0.6) is 0 Å². The zero-order valence-corrected chi connectivity index (χ0v) is 20.2. The van der Waals surface area contributed by atoms with Gasteiger partial charge in [-0.05, 0) is 61.1 Å². The van der Waals surface area contributed by atoms with Crippen molar-refractivity contribution in [3.05, 3.63) is 59.7 Å². The Labute approximate surface area is 202 Å². The Morgan fingerprint density at radius 1 is 0.941 bits per heavy atom. The molecule has 2 aliphatic heterocycles. The van der Waals surface area contributed by atoms with Crippen molar-refractivity contribution in [2.45, 2.75) is 43.7 Å². The molecule has 2 amide bonds. The van der Waals surface area contributed by atoms with Crippen LogP contribution in [0.25, 0.3) is 11.1 Å². The van der Waals surface area contributed by atoms with Crippen LogP contribution in [-0.2, 0) is 4.79 Å². The van der Waals surface area contributed by atoms with Crippen LogP contribution in [0, 0.1) is 5.92 Å². The van der Waals surface area contributed by atoms with Crippen molar-refractivity contribution >= 4 is 11.8 Å². The van der Waals surface area contributed by atoms with Gasteiger partial charge in [-0.25, -0.2) is 0 Å². The van der Waals surface area contributed by atoms with Gasteiger partial charge in [0.2, 0.25) is 5.91 Å². The molecule has 1 aliphatic carbocycles. The van der Waals surface area contributed by atoms with Crippen molar-refractivity contribution in [2.75, 3.05) is 40.3 Å². The van der Waals surface area contributed by atoms with Gasteiger partial charge >= 0.3 is 0 Å². The zero-order chi connectivity index (χ0) is 23.8. The summed E-state index contributed by atoms with van der Waals surface area (Å²) in [6.45, 7) is 2.76. The first kappa shape index (κ1) is 23.1. The van der Waals surface area contributed by atoms with Crippen molar-refractivity contribution in [3.63, 3.8) is 0 Å². The second-order valence-corrected chi connectivity index (χ2v) is 10.2. The number of aliphatic hydroxyl groups is 1. The maximum absolute atomic E-state index is 12.8. The minimum atomic E-state index is -0.0000999. The number of rotatable bonds is 5. The van der Waals surface area contributed by atoms with Crippen LogP contribution in [0.3, 0.4) is 0 Å². The largest absolute Gasteiger partial charge is 0.395 e. The summed E-state index contributed by atoms with van der Waals surface area (Å²) in [4.78, 5) is 31.1. The summed E-state index contributed by atoms with van der Waals surface area (Å²) >= 11 is 0. The minimum absolute atomic E-state index is 0.0000999. The third-order valence-corrected chi connectivity index (χ3v) is 7.78. The van der Waals surface area contributed by atoms with Crippen LogP contribution in [0.15, 0.2) is 48.5 Å². The highest BCUT2D eigenvalue weighted by Crippen LogP contribution is 2.43. The standard InChI is InChI=1S/C28H35N3O3/c1-29(2)27(33)22-11-7-20(8-12-22)19-5-9-21(10-6-19)26-24-17-30(28(34)23-13-14-23)15-3-4-16-31(24)25(26)18-32/h5-12,23-26,32H,3-4,13-18H2,1-2H3/t24-,25+,26-/m1/s1. The molecular formula is C28H35N3O3. The van der Waals surface area contributed by atoms with Crippen LogP contribution in [-0.4, -0.2) is 84.0 Å². The molecule has 34 heavy (non-hydrogen) atoms. The fourth-order valence-corrected chi connectivity index (χ4v) is 5.69. The van der Waals surface area contributed by atoms with Gasteiger partial charge in [-0.15, -0.1) is 0 Å². The quantitative estimate of drug-likeness (QED) is 0.743. The summed E-state index contributed by atoms with van der Waals surface area (Å²) in [6, 6.07) is 16.7. The maximum Gasteiger partial charge on any atom is 0.253 e. The lowest BCUT2D eigenvalue weighted by atomic mass is 9.74. The van der Waals surface area contributed by atoms with Gasteiger partial charge in [-0.2, -0.15) is 0 Å². The Kier molecular flexibility index (Phi) is 6.45. The predicted octanol–water partition coefficient (Wildman–Crippen LogP) is 3.22. The van der Waals surface area contributed by atoms with E-state index in [0.717, 1.165) is 56.4 Å². The molecule has 5 rings (SSSR count). The molecule has 0 radical (unpaired) electrons. The van der Waals surface area contributed by atoms with Gasteiger partial charge in [-0.1, -0.05) is 36.4 Å². The number of nitrogens with zero attached hydrogens (tertiary/aromatic N) is 3. The minimum Gasteiger partial charge on any atom is -0.395 e. The van der Waals surface area contributed by atoms with Crippen LogP contribution in [0.1, 0.15) is 47.5 Å². The van der Waals surface area contributed by atoms with Crippen molar-refractivity contribution < 1.29 is 14.7 Å². The number of amides is 2. The monoisotopic (exact) mass is 461 g/mol. The van der Waals surface area contributed by atoms with Gasteiger partial charge in [0.05, 0.1) is 6.61 Å². The van der Waals surface area contributed by atoms with E-state index in [1.54, 1.807) is 19.0 Å². The number of carbonyl (C=O) groups excluding carboxylic acids is 2. The molecule has 1 saturated carbocycles. The van der Waals surface area contributed by atoms with Crippen molar-refractivity contribution in [3.8, 4) is 11.1 Å². The molecule has 2 heterocycles. The van der Waals surface area contributed by atoms with E-state index in [-0.39, 0.29) is 36.4 Å². The van der Waals surface area contributed by atoms with E-state index in [0.29, 0.717) is 11.5 Å². The summed E-state index contributed by atoms with van der Waals surface area (Å²) in [5, 5.41) is 10.2. The lowest BCUT2D eigenvalue weighted by molar-refractivity contribution is -0.137. The lowest BCUT2D eigenvalue weighted by Crippen LogP contribution is -2.68. The fourth-order valence-electron chi connectivity index (χ4n) is 5.69. The van der Waals surface area contributed by atoms with Gasteiger partial charge in [0, 0.05) is 56.7 Å². The number of hydrogen-bond donors (Lipinski definition) is 1. The smallest absolute Gasteiger partial charge is 0.253 e. The third-order valence-electron chi connectivity index (χ3n) is 7.78. The molecule has 3 aliphatic rings. The number of carbonyl (C=O) groups is 2. The molecule has 6 nitrogen and oxygen atoms in total. The van der Waals surface area contributed by atoms with Crippen molar-refractivity contribution in [1.29, 1.82) is 0 Å². The van der Waals surface area contributed by atoms with Gasteiger partial charge in [0.25, 0.3) is 5.91 Å². The van der Waals surface area contributed by atoms with Gasteiger partial charge in [-0.3, -0.25) is 14.5 Å². The summed E-state index contributed by atoms with van der Waals surface area (Å²) in [5.41, 5.74) is 4.08. The molecule has 3 fully saturated rings. The molecule has 0 unspecified atom stereocenters. The number of hydrogen-bond acceptors (Lipinski definition) is 4. The van der Waals surface area contributed by atoms with E-state index in [4.69, 9.17) is 0 Å². The second kappa shape index (κ2) is 9.51. The Bertz CT molecular complexity index is 1030. The lowest BCUT2D eigenvalue weighted by Gasteiger charge is -2.57. The highest BCUT2D eigenvalue weighted by Gasteiger charge is 2.50. The van der Waals surface area contributed by atoms with Crippen molar-refractivity contribution in [2.24, 2.45) is 5.92 Å². The average molecular weight is 462 g/mol. The maximum atomic E-state index is 12.8. The second-order valence-electron chi connectivity index (χ2n) is 10.2. The molecule has 0 aromatic heterocycles. The SMILES string of the molecule is CN(C)C(=O)c1ccc(-c2ccc([C@@H]3[C@H]4CN(C(=O)C5CC5)CCCCN4[C@H]3CO)cc2)cc1. The average Bonchev–Trinajstić information content (AvgIpc) is 3.68. The molecule has 2 saturated heterocycles.